The predicted molar refractivity (Wildman–Crippen MR) is 214 cm³/mol. The molecule has 5 heteroatoms. The molecule has 0 aliphatic rings. The minimum atomic E-state index is 0.654. The van der Waals surface area contributed by atoms with Crippen LogP contribution in [-0.4, -0.2) is 24.1 Å². The Labute approximate surface area is 298 Å². The summed E-state index contributed by atoms with van der Waals surface area (Å²) in [6.45, 7) is 0. The van der Waals surface area contributed by atoms with Gasteiger partial charge in [-0.25, -0.2) is 15.0 Å². The standard InChI is InChI=1S/C47H29N5/c1-4-14-30(15-5-1)44-38-21-10-12-22-40(38)49-47(50-44)52-42-23-13-11-20-35(42)37-27-26-34-36(45(37)52)25-24-32-28-43-41(29-39(32)34)48-46(31-16-6-2-7-17-31)51(43)33-18-8-3-9-19-33/h1-29H. The smallest absolute Gasteiger partial charge is 0.235 e. The van der Waals surface area contributed by atoms with E-state index < -0.39 is 0 Å². The predicted octanol–water partition coefficient (Wildman–Crippen LogP) is 11.7. The Kier molecular flexibility index (Phi) is 6.18. The lowest BCUT2D eigenvalue weighted by atomic mass is 9.99. The number of para-hydroxylation sites is 3. The summed E-state index contributed by atoms with van der Waals surface area (Å²) in [4.78, 5) is 15.8. The molecule has 0 aliphatic carbocycles. The van der Waals surface area contributed by atoms with Gasteiger partial charge in [0.25, 0.3) is 0 Å². The van der Waals surface area contributed by atoms with Crippen LogP contribution < -0.4 is 0 Å². The van der Waals surface area contributed by atoms with E-state index in [2.05, 4.69) is 167 Å². The molecule has 0 radical (unpaired) electrons. The van der Waals surface area contributed by atoms with Gasteiger partial charge in [0, 0.05) is 38.4 Å². The SMILES string of the molecule is c1ccc(-c2nc(-n3c4ccccc4c4ccc5c6cc7nc(-c8ccccc8)n(-c8ccccc8)c7cc6ccc5c43)nc3ccccc23)cc1. The Hall–Kier alpha value is -7.11. The van der Waals surface area contributed by atoms with Crippen molar-refractivity contribution >= 4 is 65.3 Å². The molecular formula is C47H29N5. The topological polar surface area (TPSA) is 48.5 Å². The molecule has 0 bridgehead atoms. The highest BCUT2D eigenvalue weighted by Gasteiger charge is 2.21. The molecule has 0 atom stereocenters. The van der Waals surface area contributed by atoms with Gasteiger partial charge in [-0.3, -0.25) is 9.13 Å². The minimum Gasteiger partial charge on any atom is -0.292 e. The van der Waals surface area contributed by atoms with E-state index in [0.717, 1.165) is 82.8 Å². The minimum absolute atomic E-state index is 0.654. The molecule has 0 amide bonds. The highest BCUT2D eigenvalue weighted by Crippen LogP contribution is 2.40. The van der Waals surface area contributed by atoms with Gasteiger partial charge in [0.15, 0.2) is 0 Å². The zero-order valence-corrected chi connectivity index (χ0v) is 28.0. The van der Waals surface area contributed by atoms with Crippen molar-refractivity contribution in [2.45, 2.75) is 0 Å². The molecule has 52 heavy (non-hydrogen) atoms. The molecule has 0 aliphatic heterocycles. The van der Waals surface area contributed by atoms with Crippen molar-refractivity contribution in [2.75, 3.05) is 0 Å². The molecule has 3 heterocycles. The van der Waals surface area contributed by atoms with Crippen LogP contribution >= 0.6 is 0 Å². The Morgan fingerprint density at radius 3 is 1.81 bits per heavy atom. The number of nitrogens with zero attached hydrogens (tertiary/aromatic N) is 5. The maximum atomic E-state index is 5.33. The Morgan fingerprint density at radius 1 is 0.365 bits per heavy atom. The third-order valence-electron chi connectivity index (χ3n) is 10.3. The van der Waals surface area contributed by atoms with E-state index in [-0.39, 0.29) is 0 Å². The Balaban J connectivity index is 1.22. The highest BCUT2D eigenvalue weighted by molar-refractivity contribution is 6.23. The van der Waals surface area contributed by atoms with Crippen molar-refractivity contribution in [1.82, 2.24) is 24.1 Å². The van der Waals surface area contributed by atoms with Crippen molar-refractivity contribution in [3.05, 3.63) is 176 Å². The van der Waals surface area contributed by atoms with E-state index >= 15 is 0 Å². The van der Waals surface area contributed by atoms with Crippen LogP contribution in [0.25, 0.3) is 99.6 Å². The first-order valence-corrected chi connectivity index (χ1v) is 17.5. The molecule has 5 nitrogen and oxygen atoms in total. The number of rotatable bonds is 4. The van der Waals surface area contributed by atoms with Crippen molar-refractivity contribution in [3.63, 3.8) is 0 Å². The number of aromatic nitrogens is 5. The second-order valence-electron chi connectivity index (χ2n) is 13.3. The molecule has 0 unspecified atom stereocenters. The van der Waals surface area contributed by atoms with Gasteiger partial charge in [-0.05, 0) is 52.6 Å². The van der Waals surface area contributed by atoms with E-state index in [1.807, 2.05) is 18.2 Å². The first-order chi connectivity index (χ1) is 25.8. The summed E-state index contributed by atoms with van der Waals surface area (Å²) in [5, 5.41) is 7.99. The second-order valence-corrected chi connectivity index (χ2v) is 13.3. The Morgan fingerprint density at radius 2 is 1.00 bits per heavy atom. The number of hydrogen-bond donors (Lipinski definition) is 0. The van der Waals surface area contributed by atoms with Crippen LogP contribution in [0.4, 0.5) is 0 Å². The highest BCUT2D eigenvalue weighted by atomic mass is 15.2. The van der Waals surface area contributed by atoms with Crippen LogP contribution in [0.2, 0.25) is 0 Å². The molecule has 11 aromatic rings. The molecular weight excluding hydrogens is 635 g/mol. The largest absolute Gasteiger partial charge is 0.292 e. The van der Waals surface area contributed by atoms with Gasteiger partial charge in [-0.1, -0.05) is 140 Å². The van der Waals surface area contributed by atoms with Crippen LogP contribution in [0.1, 0.15) is 0 Å². The summed E-state index contributed by atoms with van der Waals surface area (Å²) in [7, 11) is 0. The zero-order valence-electron chi connectivity index (χ0n) is 28.0. The summed E-state index contributed by atoms with van der Waals surface area (Å²) < 4.78 is 4.53. The van der Waals surface area contributed by atoms with Crippen molar-refractivity contribution in [2.24, 2.45) is 0 Å². The zero-order chi connectivity index (χ0) is 34.2. The third kappa shape index (κ3) is 4.26. The van der Waals surface area contributed by atoms with E-state index in [1.165, 1.54) is 10.8 Å². The van der Waals surface area contributed by atoms with Crippen LogP contribution in [0.3, 0.4) is 0 Å². The molecule has 0 saturated carbocycles. The molecule has 0 saturated heterocycles. The molecule has 0 fully saturated rings. The number of imidazole rings is 1. The fraction of sp³-hybridized carbons (Fsp3) is 0. The number of hydrogen-bond acceptors (Lipinski definition) is 3. The fourth-order valence-corrected chi connectivity index (χ4v) is 7.98. The van der Waals surface area contributed by atoms with Gasteiger partial charge >= 0.3 is 0 Å². The van der Waals surface area contributed by atoms with E-state index in [0.29, 0.717) is 5.95 Å². The fourth-order valence-electron chi connectivity index (χ4n) is 7.98. The van der Waals surface area contributed by atoms with E-state index in [1.54, 1.807) is 0 Å². The summed E-state index contributed by atoms with van der Waals surface area (Å²) in [6.07, 6.45) is 0. The lowest BCUT2D eigenvalue weighted by Gasteiger charge is -2.13. The average Bonchev–Trinajstić information content (AvgIpc) is 3.76. The molecule has 8 aromatic carbocycles. The van der Waals surface area contributed by atoms with Gasteiger partial charge in [0.2, 0.25) is 5.95 Å². The van der Waals surface area contributed by atoms with Crippen molar-refractivity contribution < 1.29 is 0 Å². The van der Waals surface area contributed by atoms with Crippen molar-refractivity contribution in [1.29, 1.82) is 0 Å². The van der Waals surface area contributed by atoms with Gasteiger partial charge in [-0.2, -0.15) is 0 Å². The first kappa shape index (κ1) is 28.7. The van der Waals surface area contributed by atoms with Crippen LogP contribution in [-0.2, 0) is 0 Å². The molecule has 3 aromatic heterocycles. The Bertz CT molecular complexity index is 3160. The van der Waals surface area contributed by atoms with Gasteiger partial charge in [0.1, 0.15) is 5.82 Å². The maximum Gasteiger partial charge on any atom is 0.235 e. The first-order valence-electron chi connectivity index (χ1n) is 17.5. The summed E-state index contributed by atoms with van der Waals surface area (Å²) in [5.74, 6) is 1.58. The van der Waals surface area contributed by atoms with Gasteiger partial charge in [-0.15, -0.1) is 0 Å². The maximum absolute atomic E-state index is 5.33. The lowest BCUT2D eigenvalue weighted by molar-refractivity contribution is 1.02. The van der Waals surface area contributed by atoms with Gasteiger partial charge < -0.3 is 0 Å². The third-order valence-corrected chi connectivity index (χ3v) is 10.3. The summed E-state index contributed by atoms with van der Waals surface area (Å²) >= 11 is 0. The lowest BCUT2D eigenvalue weighted by Crippen LogP contribution is -2.03. The van der Waals surface area contributed by atoms with Crippen LogP contribution in [0.5, 0.6) is 0 Å². The normalized spacial score (nSPS) is 11.8. The second kappa shape index (κ2) is 11.2. The van der Waals surface area contributed by atoms with Crippen molar-refractivity contribution in [3.8, 4) is 34.3 Å². The van der Waals surface area contributed by atoms with Gasteiger partial charge in [0.05, 0.1) is 33.3 Å². The quantitative estimate of drug-likeness (QED) is 0.176. The van der Waals surface area contributed by atoms with Crippen LogP contribution in [0, 0.1) is 0 Å². The molecule has 11 rings (SSSR count). The summed E-state index contributed by atoms with van der Waals surface area (Å²) in [6, 6.07) is 61.8. The van der Waals surface area contributed by atoms with Crippen LogP contribution in [0.15, 0.2) is 176 Å². The molecule has 242 valence electrons. The molecule has 0 spiro atoms. The summed E-state index contributed by atoms with van der Waals surface area (Å²) in [5.41, 5.74) is 9.25. The number of benzene rings is 8. The average molecular weight is 664 g/mol. The van der Waals surface area contributed by atoms with E-state index in [9.17, 15) is 0 Å². The van der Waals surface area contributed by atoms with E-state index in [4.69, 9.17) is 15.0 Å². The molecule has 0 N–H and O–H groups in total. The monoisotopic (exact) mass is 663 g/mol. The number of fused-ring (bicyclic) bond motifs is 9.